The molecule has 6 heteroatoms. The summed E-state index contributed by atoms with van der Waals surface area (Å²) in [5.74, 6) is 0.130. The molecule has 0 fully saturated rings. The Labute approximate surface area is 158 Å². The molecule has 5 nitrogen and oxygen atoms in total. The second-order valence-electron chi connectivity index (χ2n) is 9.05. The monoisotopic (exact) mass is 382 g/mol. The summed E-state index contributed by atoms with van der Waals surface area (Å²) in [6.07, 6.45) is -2.20. The van der Waals surface area contributed by atoms with E-state index in [4.69, 9.17) is 13.9 Å². The van der Waals surface area contributed by atoms with Crippen LogP contribution in [0.1, 0.15) is 53.2 Å². The van der Waals surface area contributed by atoms with Crippen LogP contribution in [0.15, 0.2) is 24.3 Å². The lowest BCUT2D eigenvalue weighted by molar-refractivity contribution is -0.170. The number of carbonyl (C=O) groups excluding carboxylic acids is 1. The number of aliphatic hydroxyl groups excluding tert-OH is 1. The van der Waals surface area contributed by atoms with Crippen LogP contribution in [0.3, 0.4) is 0 Å². The van der Waals surface area contributed by atoms with Gasteiger partial charge in [-0.15, -0.1) is 0 Å². The van der Waals surface area contributed by atoms with Crippen LogP contribution in [0.25, 0.3) is 0 Å². The lowest BCUT2D eigenvalue weighted by Crippen LogP contribution is -2.49. The molecule has 0 bridgehead atoms. The highest BCUT2D eigenvalue weighted by molar-refractivity contribution is 6.74. The van der Waals surface area contributed by atoms with Crippen molar-refractivity contribution in [3.63, 3.8) is 0 Å². The molecule has 26 heavy (non-hydrogen) atoms. The molecule has 0 aliphatic carbocycles. The van der Waals surface area contributed by atoms with Gasteiger partial charge in [0.25, 0.3) is 0 Å². The molecule has 0 aliphatic rings. The summed E-state index contributed by atoms with van der Waals surface area (Å²) in [4.78, 5) is 12.8. The quantitative estimate of drug-likeness (QED) is 0.581. The van der Waals surface area contributed by atoms with E-state index in [1.54, 1.807) is 52.1 Å². The number of carbonyl (C=O) groups is 1. The summed E-state index contributed by atoms with van der Waals surface area (Å²) in [5.41, 5.74) is -0.0773. The third-order valence-electron chi connectivity index (χ3n) is 4.61. The first-order valence-corrected chi connectivity index (χ1v) is 11.8. The van der Waals surface area contributed by atoms with Gasteiger partial charge in [0, 0.05) is 0 Å². The van der Waals surface area contributed by atoms with Gasteiger partial charge in [0.2, 0.25) is 0 Å². The first-order valence-electron chi connectivity index (χ1n) is 8.90. The minimum Gasteiger partial charge on any atom is -0.497 e. The first kappa shape index (κ1) is 22.7. The standard InChI is InChI=1S/C20H34O5Si/c1-19(2,3)24-18(22)17(25-26(8,9)20(4,5)6)16(21)14-10-12-15(23-7)13-11-14/h10-13,16-17,21H,1-9H3. The van der Waals surface area contributed by atoms with E-state index in [0.29, 0.717) is 11.3 Å². The fourth-order valence-electron chi connectivity index (χ4n) is 2.07. The van der Waals surface area contributed by atoms with E-state index < -0.39 is 32.1 Å². The predicted molar refractivity (Wildman–Crippen MR) is 106 cm³/mol. The van der Waals surface area contributed by atoms with Crippen LogP contribution in [0.2, 0.25) is 18.1 Å². The van der Waals surface area contributed by atoms with Crippen molar-refractivity contribution in [1.82, 2.24) is 0 Å². The van der Waals surface area contributed by atoms with E-state index in [2.05, 4.69) is 20.8 Å². The largest absolute Gasteiger partial charge is 0.497 e. The van der Waals surface area contributed by atoms with E-state index >= 15 is 0 Å². The van der Waals surface area contributed by atoms with E-state index in [0.717, 1.165) is 0 Å². The molecule has 1 N–H and O–H groups in total. The molecular formula is C20H34O5Si. The van der Waals surface area contributed by atoms with Crippen LogP contribution in [0, 0.1) is 0 Å². The van der Waals surface area contributed by atoms with E-state index in [1.165, 1.54) is 0 Å². The van der Waals surface area contributed by atoms with E-state index in [-0.39, 0.29) is 5.04 Å². The van der Waals surface area contributed by atoms with Crippen molar-refractivity contribution in [1.29, 1.82) is 0 Å². The topological polar surface area (TPSA) is 65.0 Å². The molecule has 0 saturated heterocycles. The molecular weight excluding hydrogens is 348 g/mol. The van der Waals surface area contributed by atoms with Crippen molar-refractivity contribution >= 4 is 14.3 Å². The number of aliphatic hydroxyl groups is 1. The van der Waals surface area contributed by atoms with Crippen molar-refractivity contribution in [3.8, 4) is 5.75 Å². The summed E-state index contributed by atoms with van der Waals surface area (Å²) in [6.45, 7) is 15.8. The highest BCUT2D eigenvalue weighted by Gasteiger charge is 2.44. The van der Waals surface area contributed by atoms with Gasteiger partial charge in [-0.25, -0.2) is 4.79 Å². The normalized spacial score (nSPS) is 15.3. The Morgan fingerprint density at radius 1 is 1.04 bits per heavy atom. The van der Waals surface area contributed by atoms with Crippen LogP contribution in [0.5, 0.6) is 5.75 Å². The zero-order valence-electron chi connectivity index (χ0n) is 17.5. The molecule has 1 rings (SSSR count). The van der Waals surface area contributed by atoms with Gasteiger partial charge in [0.1, 0.15) is 17.5 Å². The van der Waals surface area contributed by atoms with Crippen molar-refractivity contribution in [2.45, 2.75) is 77.5 Å². The number of methoxy groups -OCH3 is 1. The SMILES string of the molecule is COc1ccc(C(O)C(O[Si](C)(C)C(C)(C)C)C(=O)OC(C)(C)C)cc1. The Balaban J connectivity index is 3.19. The van der Waals surface area contributed by atoms with Crippen LogP contribution in [0.4, 0.5) is 0 Å². The molecule has 2 unspecified atom stereocenters. The van der Waals surface area contributed by atoms with Gasteiger partial charge in [-0.2, -0.15) is 0 Å². The number of rotatable bonds is 6. The average Bonchev–Trinajstić information content (AvgIpc) is 2.49. The van der Waals surface area contributed by atoms with Crippen LogP contribution in [-0.4, -0.2) is 38.2 Å². The van der Waals surface area contributed by atoms with Crippen LogP contribution >= 0.6 is 0 Å². The molecule has 0 radical (unpaired) electrons. The molecule has 0 aliphatic heterocycles. The van der Waals surface area contributed by atoms with Gasteiger partial charge in [-0.1, -0.05) is 32.9 Å². The van der Waals surface area contributed by atoms with Gasteiger partial charge in [0.05, 0.1) is 7.11 Å². The van der Waals surface area contributed by atoms with E-state index in [9.17, 15) is 9.90 Å². The Morgan fingerprint density at radius 2 is 1.54 bits per heavy atom. The lowest BCUT2D eigenvalue weighted by Gasteiger charge is -2.40. The fraction of sp³-hybridized carbons (Fsp3) is 0.650. The van der Waals surface area contributed by atoms with Gasteiger partial charge in [-0.05, 0) is 56.6 Å². The Kier molecular flexibility index (Phi) is 7.07. The summed E-state index contributed by atoms with van der Waals surface area (Å²) in [7, 11) is -0.726. The third kappa shape index (κ3) is 6.11. The first-order chi connectivity index (χ1) is 11.7. The van der Waals surface area contributed by atoms with Gasteiger partial charge >= 0.3 is 5.97 Å². The van der Waals surface area contributed by atoms with Gasteiger partial charge < -0.3 is 19.0 Å². The smallest absolute Gasteiger partial charge is 0.337 e. The molecule has 1 aromatic carbocycles. The average molecular weight is 383 g/mol. The molecule has 0 aromatic heterocycles. The summed E-state index contributed by atoms with van der Waals surface area (Å²) < 4.78 is 16.9. The Hall–Kier alpha value is -1.37. The van der Waals surface area contributed by atoms with Gasteiger partial charge in [-0.3, -0.25) is 0 Å². The molecule has 0 spiro atoms. The van der Waals surface area contributed by atoms with Crippen molar-refractivity contribution in [2.75, 3.05) is 7.11 Å². The summed E-state index contributed by atoms with van der Waals surface area (Å²) >= 11 is 0. The summed E-state index contributed by atoms with van der Waals surface area (Å²) in [5, 5.41) is 10.8. The molecule has 0 heterocycles. The number of benzene rings is 1. The highest BCUT2D eigenvalue weighted by Crippen LogP contribution is 2.39. The zero-order chi connectivity index (χ0) is 20.3. The van der Waals surface area contributed by atoms with Crippen molar-refractivity contribution < 1.29 is 23.8 Å². The molecule has 0 amide bonds. The van der Waals surface area contributed by atoms with Crippen LogP contribution < -0.4 is 4.74 Å². The molecule has 148 valence electrons. The Morgan fingerprint density at radius 3 is 1.92 bits per heavy atom. The Bertz CT molecular complexity index is 596. The fourth-order valence-corrected chi connectivity index (χ4v) is 3.28. The molecule has 1 aromatic rings. The van der Waals surface area contributed by atoms with Crippen molar-refractivity contribution in [3.05, 3.63) is 29.8 Å². The maximum Gasteiger partial charge on any atom is 0.337 e. The second-order valence-corrected chi connectivity index (χ2v) is 13.8. The third-order valence-corrected chi connectivity index (χ3v) is 9.07. The second kappa shape index (κ2) is 8.11. The van der Waals surface area contributed by atoms with Gasteiger partial charge in [0.15, 0.2) is 14.4 Å². The number of ether oxygens (including phenoxy) is 2. The number of hydrogen-bond donors (Lipinski definition) is 1. The zero-order valence-corrected chi connectivity index (χ0v) is 18.5. The predicted octanol–water partition coefficient (Wildman–Crippen LogP) is 4.46. The maximum atomic E-state index is 12.8. The number of esters is 1. The van der Waals surface area contributed by atoms with Crippen molar-refractivity contribution in [2.24, 2.45) is 0 Å². The summed E-state index contributed by atoms with van der Waals surface area (Å²) in [6, 6.07) is 6.96. The maximum absolute atomic E-state index is 12.8. The highest BCUT2D eigenvalue weighted by atomic mass is 28.4. The van der Waals surface area contributed by atoms with Crippen LogP contribution in [-0.2, 0) is 14.0 Å². The molecule has 2 atom stereocenters. The number of hydrogen-bond acceptors (Lipinski definition) is 5. The lowest BCUT2D eigenvalue weighted by atomic mass is 10.0. The minimum absolute atomic E-state index is 0.104. The molecule has 0 saturated carbocycles. The van der Waals surface area contributed by atoms with E-state index in [1.807, 2.05) is 13.1 Å². The minimum atomic E-state index is -2.31.